The van der Waals surface area contributed by atoms with Gasteiger partial charge in [0.05, 0.1) is 13.5 Å². The van der Waals surface area contributed by atoms with Gasteiger partial charge in [0.2, 0.25) is 5.91 Å². The Balaban J connectivity index is 1.48. The maximum absolute atomic E-state index is 12.4. The van der Waals surface area contributed by atoms with Crippen LogP contribution in [0.3, 0.4) is 0 Å². The fraction of sp³-hybridized carbons (Fsp3) is 0.421. The SMILES string of the molecule is COC(=O)CCC(=O)N1CCC(NC(=O)c2cc3ccccc3[nH]2)CC1. The number of hydrogen-bond acceptors (Lipinski definition) is 4. The Morgan fingerprint density at radius 2 is 1.92 bits per heavy atom. The molecule has 138 valence electrons. The molecule has 1 aromatic carbocycles. The maximum atomic E-state index is 12.4. The minimum Gasteiger partial charge on any atom is -0.469 e. The van der Waals surface area contributed by atoms with Crippen molar-refractivity contribution in [2.45, 2.75) is 31.7 Å². The van der Waals surface area contributed by atoms with E-state index in [0.717, 1.165) is 10.9 Å². The molecule has 2 heterocycles. The third-order valence-electron chi connectivity index (χ3n) is 4.73. The smallest absolute Gasteiger partial charge is 0.306 e. The molecule has 3 rings (SSSR count). The second-order valence-corrected chi connectivity index (χ2v) is 6.47. The van der Waals surface area contributed by atoms with Crippen molar-refractivity contribution in [3.05, 3.63) is 36.0 Å². The van der Waals surface area contributed by atoms with Gasteiger partial charge in [-0.15, -0.1) is 0 Å². The number of aromatic amines is 1. The summed E-state index contributed by atoms with van der Waals surface area (Å²) in [7, 11) is 1.31. The second kappa shape index (κ2) is 8.03. The van der Waals surface area contributed by atoms with Crippen LogP contribution in [0.2, 0.25) is 0 Å². The summed E-state index contributed by atoms with van der Waals surface area (Å²) < 4.78 is 4.55. The van der Waals surface area contributed by atoms with Crippen molar-refractivity contribution >= 4 is 28.7 Å². The third-order valence-corrected chi connectivity index (χ3v) is 4.73. The number of nitrogens with zero attached hydrogens (tertiary/aromatic N) is 1. The average Bonchev–Trinajstić information content (AvgIpc) is 3.10. The van der Waals surface area contributed by atoms with E-state index in [1.54, 1.807) is 4.90 Å². The lowest BCUT2D eigenvalue weighted by Gasteiger charge is -2.32. The van der Waals surface area contributed by atoms with Crippen LogP contribution in [-0.4, -0.2) is 53.9 Å². The number of H-pyrrole nitrogens is 1. The van der Waals surface area contributed by atoms with Crippen molar-refractivity contribution in [1.29, 1.82) is 0 Å². The summed E-state index contributed by atoms with van der Waals surface area (Å²) in [5, 5.41) is 4.04. The van der Waals surface area contributed by atoms with E-state index in [1.807, 2.05) is 30.3 Å². The zero-order valence-electron chi connectivity index (χ0n) is 14.8. The Hall–Kier alpha value is -2.83. The van der Waals surface area contributed by atoms with E-state index in [2.05, 4.69) is 15.0 Å². The van der Waals surface area contributed by atoms with Crippen molar-refractivity contribution in [1.82, 2.24) is 15.2 Å². The van der Waals surface area contributed by atoms with Gasteiger partial charge in [-0.25, -0.2) is 0 Å². The van der Waals surface area contributed by atoms with Crippen molar-refractivity contribution < 1.29 is 19.1 Å². The number of rotatable bonds is 5. The molecule has 0 radical (unpaired) electrons. The van der Waals surface area contributed by atoms with E-state index in [0.29, 0.717) is 31.6 Å². The van der Waals surface area contributed by atoms with Gasteiger partial charge in [0.15, 0.2) is 0 Å². The molecule has 0 unspecified atom stereocenters. The van der Waals surface area contributed by atoms with E-state index < -0.39 is 0 Å². The van der Waals surface area contributed by atoms with Crippen LogP contribution in [0, 0.1) is 0 Å². The Kier molecular flexibility index (Phi) is 5.55. The molecule has 0 saturated carbocycles. The largest absolute Gasteiger partial charge is 0.469 e. The number of para-hydroxylation sites is 1. The lowest BCUT2D eigenvalue weighted by molar-refractivity contribution is -0.143. The summed E-state index contributed by atoms with van der Waals surface area (Å²) in [4.78, 5) is 40.5. The number of amides is 2. The summed E-state index contributed by atoms with van der Waals surface area (Å²) >= 11 is 0. The van der Waals surface area contributed by atoms with E-state index in [4.69, 9.17) is 0 Å². The summed E-state index contributed by atoms with van der Waals surface area (Å²) in [6.07, 6.45) is 1.68. The first-order chi connectivity index (χ1) is 12.6. The molecule has 1 aromatic heterocycles. The number of carbonyl (C=O) groups excluding carboxylic acids is 3. The van der Waals surface area contributed by atoms with Crippen LogP contribution < -0.4 is 5.32 Å². The summed E-state index contributed by atoms with van der Waals surface area (Å²) in [6.45, 7) is 1.16. The highest BCUT2D eigenvalue weighted by atomic mass is 16.5. The number of esters is 1. The first-order valence-electron chi connectivity index (χ1n) is 8.80. The summed E-state index contributed by atoms with van der Waals surface area (Å²) in [5.74, 6) is -0.550. The number of methoxy groups -OCH3 is 1. The van der Waals surface area contributed by atoms with Crippen molar-refractivity contribution in [2.24, 2.45) is 0 Å². The van der Waals surface area contributed by atoms with Crippen LogP contribution >= 0.6 is 0 Å². The lowest BCUT2D eigenvalue weighted by atomic mass is 10.0. The number of ether oxygens (including phenoxy) is 1. The molecular weight excluding hydrogens is 334 g/mol. The molecule has 7 nitrogen and oxygen atoms in total. The van der Waals surface area contributed by atoms with E-state index >= 15 is 0 Å². The van der Waals surface area contributed by atoms with Gasteiger partial charge in [-0.1, -0.05) is 18.2 Å². The number of nitrogens with one attached hydrogen (secondary N) is 2. The van der Waals surface area contributed by atoms with Gasteiger partial charge >= 0.3 is 5.97 Å². The molecule has 0 aliphatic carbocycles. The first kappa shape index (κ1) is 18.0. The Morgan fingerprint density at radius 3 is 2.62 bits per heavy atom. The van der Waals surface area contributed by atoms with Crippen LogP contribution in [-0.2, 0) is 14.3 Å². The highest BCUT2D eigenvalue weighted by Gasteiger charge is 2.24. The van der Waals surface area contributed by atoms with Crippen molar-refractivity contribution in [3.8, 4) is 0 Å². The van der Waals surface area contributed by atoms with Crippen molar-refractivity contribution in [2.75, 3.05) is 20.2 Å². The predicted molar refractivity (Wildman–Crippen MR) is 96.6 cm³/mol. The second-order valence-electron chi connectivity index (χ2n) is 6.47. The van der Waals surface area contributed by atoms with Crippen LogP contribution in [0.25, 0.3) is 10.9 Å². The number of likely N-dealkylation sites (tertiary alicyclic amines) is 1. The molecule has 26 heavy (non-hydrogen) atoms. The zero-order valence-corrected chi connectivity index (χ0v) is 14.8. The minimum atomic E-state index is -0.376. The molecule has 1 aliphatic rings. The minimum absolute atomic E-state index is 0.0403. The molecule has 1 saturated heterocycles. The molecule has 1 fully saturated rings. The molecule has 0 spiro atoms. The molecule has 2 aromatic rings. The van der Waals surface area contributed by atoms with E-state index in [-0.39, 0.29) is 36.7 Å². The molecular formula is C19H23N3O4. The highest BCUT2D eigenvalue weighted by Crippen LogP contribution is 2.16. The van der Waals surface area contributed by atoms with Gasteiger partial charge in [0.1, 0.15) is 5.69 Å². The fourth-order valence-electron chi connectivity index (χ4n) is 3.20. The maximum Gasteiger partial charge on any atom is 0.306 e. The molecule has 7 heteroatoms. The molecule has 1 aliphatic heterocycles. The van der Waals surface area contributed by atoms with Crippen LogP contribution in [0.5, 0.6) is 0 Å². The standard InChI is InChI=1S/C19H23N3O4/c1-26-18(24)7-6-17(23)22-10-8-14(9-11-22)20-19(25)16-12-13-4-2-3-5-15(13)21-16/h2-5,12,14,21H,6-11H2,1H3,(H,20,25). The Morgan fingerprint density at radius 1 is 1.19 bits per heavy atom. The first-order valence-corrected chi connectivity index (χ1v) is 8.80. The summed E-state index contributed by atoms with van der Waals surface area (Å²) in [5.41, 5.74) is 1.48. The number of benzene rings is 1. The van der Waals surface area contributed by atoms with E-state index in [1.165, 1.54) is 7.11 Å². The Bertz CT molecular complexity index is 773. The Labute approximate surface area is 151 Å². The van der Waals surface area contributed by atoms with Crippen LogP contribution in [0.4, 0.5) is 0 Å². The average molecular weight is 357 g/mol. The summed E-state index contributed by atoms with van der Waals surface area (Å²) in [6, 6.07) is 9.64. The number of aromatic nitrogens is 1. The van der Waals surface area contributed by atoms with Gasteiger partial charge in [-0.2, -0.15) is 0 Å². The normalized spacial score (nSPS) is 15.0. The monoisotopic (exact) mass is 357 g/mol. The van der Waals surface area contributed by atoms with Gasteiger partial charge in [0, 0.05) is 36.5 Å². The molecule has 0 bridgehead atoms. The van der Waals surface area contributed by atoms with Gasteiger partial charge < -0.3 is 19.9 Å². The highest BCUT2D eigenvalue weighted by molar-refractivity contribution is 5.98. The van der Waals surface area contributed by atoms with Gasteiger partial charge in [0.25, 0.3) is 5.91 Å². The van der Waals surface area contributed by atoms with Gasteiger partial charge in [-0.05, 0) is 25.0 Å². The number of hydrogen-bond donors (Lipinski definition) is 2. The topological polar surface area (TPSA) is 91.5 Å². The fourth-order valence-corrected chi connectivity index (χ4v) is 3.20. The molecule has 0 atom stereocenters. The number of piperidine rings is 1. The van der Waals surface area contributed by atoms with Crippen LogP contribution in [0.15, 0.2) is 30.3 Å². The number of fused-ring (bicyclic) bond motifs is 1. The van der Waals surface area contributed by atoms with Crippen molar-refractivity contribution in [3.63, 3.8) is 0 Å². The van der Waals surface area contributed by atoms with Crippen LogP contribution in [0.1, 0.15) is 36.2 Å². The molecule has 2 amide bonds. The lowest BCUT2D eigenvalue weighted by Crippen LogP contribution is -2.46. The van der Waals surface area contributed by atoms with Gasteiger partial charge in [-0.3, -0.25) is 14.4 Å². The number of carbonyl (C=O) groups is 3. The molecule has 2 N–H and O–H groups in total. The quantitative estimate of drug-likeness (QED) is 0.799. The predicted octanol–water partition coefficient (Wildman–Crippen LogP) is 1.84. The zero-order chi connectivity index (χ0) is 18.5. The van der Waals surface area contributed by atoms with E-state index in [9.17, 15) is 14.4 Å². The third kappa shape index (κ3) is 4.22.